The van der Waals surface area contributed by atoms with E-state index in [2.05, 4.69) is 4.99 Å². The first-order valence-corrected chi connectivity index (χ1v) is 6.53. The van der Waals surface area contributed by atoms with Crippen molar-refractivity contribution < 1.29 is 14.9 Å². The van der Waals surface area contributed by atoms with E-state index in [-0.39, 0.29) is 18.0 Å². The Morgan fingerprint density at radius 1 is 1.32 bits per heavy atom. The second-order valence-electron chi connectivity index (χ2n) is 4.73. The summed E-state index contributed by atoms with van der Waals surface area (Å²) in [5.41, 5.74) is 2.02. The second-order valence-corrected chi connectivity index (χ2v) is 4.73. The Morgan fingerprint density at radius 2 is 1.95 bits per heavy atom. The molecular weight excluding hydrogens is 242 g/mol. The molecule has 0 fully saturated rings. The van der Waals surface area contributed by atoms with Crippen LogP contribution in [-0.2, 0) is 11.2 Å². The van der Waals surface area contributed by atoms with Crippen LogP contribution in [0.3, 0.4) is 0 Å². The minimum atomic E-state index is -0.354. The van der Waals surface area contributed by atoms with Crippen LogP contribution < -0.4 is 0 Å². The van der Waals surface area contributed by atoms with Crippen LogP contribution in [0.4, 0.5) is 0 Å². The minimum Gasteiger partial charge on any atom is -0.508 e. The Hall–Kier alpha value is -1.39. The number of benzene rings is 1. The molecule has 4 nitrogen and oxygen atoms in total. The number of rotatable bonds is 7. The van der Waals surface area contributed by atoms with Crippen LogP contribution in [0.5, 0.6) is 5.75 Å². The molecule has 0 radical (unpaired) electrons. The quantitative estimate of drug-likeness (QED) is 0.743. The van der Waals surface area contributed by atoms with Gasteiger partial charge in [0, 0.05) is 25.8 Å². The van der Waals surface area contributed by atoms with Gasteiger partial charge in [0.25, 0.3) is 0 Å². The van der Waals surface area contributed by atoms with Gasteiger partial charge in [0.05, 0.1) is 12.2 Å². The molecule has 0 aliphatic rings. The molecule has 0 saturated heterocycles. The molecular formula is C15H23NO3. The van der Waals surface area contributed by atoms with Crippen LogP contribution in [0, 0.1) is 0 Å². The van der Waals surface area contributed by atoms with E-state index in [4.69, 9.17) is 4.74 Å². The van der Waals surface area contributed by atoms with Gasteiger partial charge in [0.15, 0.2) is 0 Å². The highest BCUT2D eigenvalue weighted by Gasteiger charge is 2.13. The smallest absolute Gasteiger partial charge is 0.115 e. The molecule has 0 aromatic heterocycles. The summed E-state index contributed by atoms with van der Waals surface area (Å²) in [5, 5.41) is 18.5. The molecule has 19 heavy (non-hydrogen) atoms. The van der Waals surface area contributed by atoms with E-state index in [9.17, 15) is 10.2 Å². The van der Waals surface area contributed by atoms with Gasteiger partial charge in [-0.3, -0.25) is 4.99 Å². The van der Waals surface area contributed by atoms with Gasteiger partial charge in [0.1, 0.15) is 5.75 Å². The van der Waals surface area contributed by atoms with E-state index < -0.39 is 0 Å². The maximum atomic E-state index is 9.27. The summed E-state index contributed by atoms with van der Waals surface area (Å²) in [6.45, 7) is 4.19. The lowest BCUT2D eigenvalue weighted by Crippen LogP contribution is -2.26. The zero-order valence-electron chi connectivity index (χ0n) is 11.8. The molecule has 0 spiro atoms. The number of ether oxygens (including phenoxy) is 1. The van der Waals surface area contributed by atoms with E-state index in [0.29, 0.717) is 19.4 Å². The lowest BCUT2D eigenvalue weighted by atomic mass is 10.0. The molecule has 2 unspecified atom stereocenters. The highest BCUT2D eigenvalue weighted by Crippen LogP contribution is 2.13. The average Bonchev–Trinajstić information content (AvgIpc) is 2.38. The van der Waals surface area contributed by atoms with E-state index >= 15 is 0 Å². The van der Waals surface area contributed by atoms with Crippen LogP contribution in [0.2, 0.25) is 0 Å². The van der Waals surface area contributed by atoms with Crippen molar-refractivity contribution in [1.29, 1.82) is 0 Å². The molecule has 4 heteroatoms. The summed E-state index contributed by atoms with van der Waals surface area (Å²) in [6, 6.07) is 7.09. The molecule has 106 valence electrons. The summed E-state index contributed by atoms with van der Waals surface area (Å²) < 4.78 is 5.79. The van der Waals surface area contributed by atoms with Crippen LogP contribution in [-0.4, -0.2) is 41.8 Å². The van der Waals surface area contributed by atoms with Gasteiger partial charge in [-0.1, -0.05) is 12.1 Å². The number of aromatic hydroxyl groups is 1. The maximum absolute atomic E-state index is 9.27. The van der Waals surface area contributed by atoms with Gasteiger partial charge in [-0.05, 0) is 38.0 Å². The number of hydrogen-bond acceptors (Lipinski definition) is 4. The largest absolute Gasteiger partial charge is 0.508 e. The lowest BCUT2D eigenvalue weighted by molar-refractivity contribution is 0.0650. The van der Waals surface area contributed by atoms with E-state index in [1.54, 1.807) is 26.1 Å². The van der Waals surface area contributed by atoms with Crippen molar-refractivity contribution in [2.45, 2.75) is 38.9 Å². The molecule has 1 aromatic carbocycles. The van der Waals surface area contributed by atoms with E-state index in [1.807, 2.05) is 19.1 Å². The van der Waals surface area contributed by atoms with Crippen LogP contribution in [0.15, 0.2) is 29.3 Å². The highest BCUT2D eigenvalue weighted by molar-refractivity contribution is 5.86. The van der Waals surface area contributed by atoms with E-state index in [1.165, 1.54) is 0 Å². The monoisotopic (exact) mass is 265 g/mol. The zero-order valence-corrected chi connectivity index (χ0v) is 11.8. The normalized spacial score (nSPS) is 15.3. The minimum absolute atomic E-state index is 0.0895. The molecule has 2 N–H and O–H groups in total. The number of aliphatic imine (C=N–C) groups is 1. The maximum Gasteiger partial charge on any atom is 0.115 e. The molecule has 0 saturated carbocycles. The SMILES string of the molecule is CN=C(C)C(Cc1ccc(O)cc1)OCCC(C)O. The summed E-state index contributed by atoms with van der Waals surface area (Å²) in [5.74, 6) is 0.260. The summed E-state index contributed by atoms with van der Waals surface area (Å²) >= 11 is 0. The second kappa shape index (κ2) is 7.92. The molecule has 0 amide bonds. The topological polar surface area (TPSA) is 62.1 Å². The molecule has 0 aliphatic carbocycles. The van der Waals surface area contributed by atoms with Crippen LogP contribution in [0.1, 0.15) is 25.8 Å². The first-order chi connectivity index (χ1) is 9.02. The summed E-state index contributed by atoms with van der Waals surface area (Å²) in [7, 11) is 1.75. The van der Waals surface area contributed by atoms with Gasteiger partial charge in [-0.25, -0.2) is 0 Å². The number of hydrogen-bond donors (Lipinski definition) is 2. The van der Waals surface area contributed by atoms with Crippen molar-refractivity contribution in [3.63, 3.8) is 0 Å². The summed E-state index contributed by atoms with van der Waals surface area (Å²) in [4.78, 5) is 4.18. The number of phenols is 1. The third kappa shape index (κ3) is 5.85. The number of phenolic OH excluding ortho intramolecular Hbond substituents is 1. The summed E-state index contributed by atoms with van der Waals surface area (Å²) in [6.07, 6.45) is 0.883. The highest BCUT2D eigenvalue weighted by atomic mass is 16.5. The van der Waals surface area contributed by atoms with Crippen molar-refractivity contribution in [3.8, 4) is 5.75 Å². The zero-order chi connectivity index (χ0) is 14.3. The van der Waals surface area contributed by atoms with Crippen molar-refractivity contribution in [3.05, 3.63) is 29.8 Å². The van der Waals surface area contributed by atoms with Crippen LogP contribution in [0.25, 0.3) is 0 Å². The van der Waals surface area contributed by atoms with Crippen molar-refractivity contribution in [1.82, 2.24) is 0 Å². The third-order valence-corrected chi connectivity index (χ3v) is 3.03. The Bertz CT molecular complexity index is 398. The predicted octanol–water partition coefficient (Wildman–Crippen LogP) is 2.18. The predicted molar refractivity (Wildman–Crippen MR) is 76.9 cm³/mol. The number of nitrogens with zero attached hydrogens (tertiary/aromatic N) is 1. The first kappa shape index (κ1) is 15.7. The first-order valence-electron chi connectivity index (χ1n) is 6.53. The van der Waals surface area contributed by atoms with Gasteiger partial charge < -0.3 is 14.9 Å². The van der Waals surface area contributed by atoms with Gasteiger partial charge in [-0.15, -0.1) is 0 Å². The van der Waals surface area contributed by atoms with Gasteiger partial charge >= 0.3 is 0 Å². The van der Waals surface area contributed by atoms with Crippen molar-refractivity contribution >= 4 is 5.71 Å². The van der Waals surface area contributed by atoms with Gasteiger partial charge in [-0.2, -0.15) is 0 Å². The van der Waals surface area contributed by atoms with Crippen LogP contribution >= 0.6 is 0 Å². The molecule has 0 bridgehead atoms. The Balaban J connectivity index is 2.61. The fourth-order valence-electron chi connectivity index (χ4n) is 1.70. The Kier molecular flexibility index (Phi) is 6.53. The molecule has 2 atom stereocenters. The average molecular weight is 265 g/mol. The molecule has 1 aromatic rings. The van der Waals surface area contributed by atoms with Crippen molar-refractivity contribution in [2.24, 2.45) is 4.99 Å². The Labute approximate surface area is 114 Å². The number of aliphatic hydroxyl groups excluding tert-OH is 1. The van der Waals surface area contributed by atoms with E-state index in [0.717, 1.165) is 11.3 Å². The van der Waals surface area contributed by atoms with Gasteiger partial charge in [0.2, 0.25) is 0 Å². The third-order valence-electron chi connectivity index (χ3n) is 3.03. The standard InChI is InChI=1S/C15H23NO3/c1-11(17)8-9-19-15(12(2)16-3)10-13-4-6-14(18)7-5-13/h4-7,11,15,17-18H,8-10H2,1-3H3. The molecule has 0 aliphatic heterocycles. The molecule has 0 heterocycles. The number of aliphatic hydroxyl groups is 1. The Morgan fingerprint density at radius 3 is 2.47 bits per heavy atom. The fourth-order valence-corrected chi connectivity index (χ4v) is 1.70. The molecule has 1 rings (SSSR count). The van der Waals surface area contributed by atoms with Crippen molar-refractivity contribution in [2.75, 3.05) is 13.7 Å². The fraction of sp³-hybridized carbons (Fsp3) is 0.533. The lowest BCUT2D eigenvalue weighted by Gasteiger charge is -2.18.